The van der Waals surface area contributed by atoms with E-state index in [2.05, 4.69) is 9.89 Å². The molecule has 0 heterocycles. The van der Waals surface area contributed by atoms with Crippen molar-refractivity contribution in [2.24, 2.45) is 10.7 Å². The second-order valence-electron chi connectivity index (χ2n) is 5.34. The van der Waals surface area contributed by atoms with Gasteiger partial charge in [-0.15, -0.1) is 0 Å². The van der Waals surface area contributed by atoms with Gasteiger partial charge in [0, 0.05) is 26.2 Å². The SMILES string of the molecule is COc1ccc(COCCCN=C(N)N(C)C2CC2)cc1. The smallest absolute Gasteiger partial charge is 0.191 e. The number of hydrogen-bond acceptors (Lipinski definition) is 3. The molecule has 1 aromatic rings. The lowest BCUT2D eigenvalue weighted by molar-refractivity contribution is 0.120. The number of hydrogen-bond donors (Lipinski definition) is 1. The normalized spacial score (nSPS) is 15.0. The molecule has 2 N–H and O–H groups in total. The molecule has 1 aromatic carbocycles. The van der Waals surface area contributed by atoms with Gasteiger partial charge >= 0.3 is 0 Å². The maximum Gasteiger partial charge on any atom is 0.191 e. The summed E-state index contributed by atoms with van der Waals surface area (Å²) in [5.74, 6) is 1.51. The Morgan fingerprint density at radius 1 is 1.33 bits per heavy atom. The Bertz CT molecular complexity index is 455. The minimum atomic E-state index is 0.611. The fraction of sp³-hybridized carbons (Fsp3) is 0.562. The quantitative estimate of drug-likeness (QED) is 0.452. The van der Waals surface area contributed by atoms with Gasteiger partial charge in [0.05, 0.1) is 13.7 Å². The first-order chi connectivity index (χ1) is 10.2. The summed E-state index contributed by atoms with van der Waals surface area (Å²) in [6.45, 7) is 2.02. The molecule has 5 heteroatoms. The lowest BCUT2D eigenvalue weighted by Gasteiger charge is -2.16. The zero-order valence-corrected chi connectivity index (χ0v) is 12.9. The molecule has 1 aliphatic rings. The van der Waals surface area contributed by atoms with Gasteiger partial charge in [-0.25, -0.2) is 0 Å². The van der Waals surface area contributed by atoms with Gasteiger partial charge < -0.3 is 20.1 Å². The summed E-state index contributed by atoms with van der Waals surface area (Å²) < 4.78 is 10.7. The fourth-order valence-electron chi connectivity index (χ4n) is 2.03. The van der Waals surface area contributed by atoms with Gasteiger partial charge in [0.2, 0.25) is 0 Å². The van der Waals surface area contributed by atoms with E-state index in [-0.39, 0.29) is 0 Å². The maximum absolute atomic E-state index is 5.91. The van der Waals surface area contributed by atoms with E-state index in [1.165, 1.54) is 12.8 Å². The number of nitrogens with zero attached hydrogens (tertiary/aromatic N) is 2. The average molecular weight is 291 g/mol. The van der Waals surface area contributed by atoms with E-state index in [0.29, 0.717) is 31.8 Å². The molecule has 0 bridgehead atoms. The van der Waals surface area contributed by atoms with Crippen LogP contribution in [0.25, 0.3) is 0 Å². The zero-order valence-electron chi connectivity index (χ0n) is 12.9. The van der Waals surface area contributed by atoms with E-state index in [1.54, 1.807) is 7.11 Å². The van der Waals surface area contributed by atoms with Crippen LogP contribution in [0.5, 0.6) is 5.75 Å². The summed E-state index contributed by atoms with van der Waals surface area (Å²) in [4.78, 5) is 6.44. The third kappa shape index (κ3) is 5.27. The molecule has 0 aromatic heterocycles. The highest BCUT2D eigenvalue weighted by molar-refractivity contribution is 5.78. The van der Waals surface area contributed by atoms with E-state index >= 15 is 0 Å². The third-order valence-electron chi connectivity index (χ3n) is 3.60. The Labute approximate surface area is 126 Å². The van der Waals surface area contributed by atoms with Crippen LogP contribution in [0.2, 0.25) is 0 Å². The van der Waals surface area contributed by atoms with Crippen LogP contribution >= 0.6 is 0 Å². The van der Waals surface area contributed by atoms with Crippen molar-refractivity contribution < 1.29 is 9.47 Å². The van der Waals surface area contributed by atoms with Crippen LogP contribution in [0.3, 0.4) is 0 Å². The van der Waals surface area contributed by atoms with Crippen LogP contribution in [0.1, 0.15) is 24.8 Å². The van der Waals surface area contributed by atoms with Crippen LogP contribution in [0.4, 0.5) is 0 Å². The Morgan fingerprint density at radius 2 is 2.05 bits per heavy atom. The van der Waals surface area contributed by atoms with Crippen LogP contribution < -0.4 is 10.5 Å². The average Bonchev–Trinajstić information content (AvgIpc) is 3.35. The van der Waals surface area contributed by atoms with Gasteiger partial charge in [0.1, 0.15) is 5.75 Å². The van der Waals surface area contributed by atoms with Gasteiger partial charge in [0.25, 0.3) is 0 Å². The van der Waals surface area contributed by atoms with Crippen molar-refractivity contribution in [3.63, 3.8) is 0 Å². The number of guanidine groups is 1. The highest BCUT2D eigenvalue weighted by atomic mass is 16.5. The van der Waals surface area contributed by atoms with Crippen molar-refractivity contribution in [3.8, 4) is 5.75 Å². The maximum atomic E-state index is 5.91. The minimum Gasteiger partial charge on any atom is -0.497 e. The second-order valence-corrected chi connectivity index (χ2v) is 5.34. The Balaban J connectivity index is 1.57. The second kappa shape index (κ2) is 7.88. The Kier molecular flexibility index (Phi) is 5.87. The zero-order chi connectivity index (χ0) is 15.1. The molecular weight excluding hydrogens is 266 g/mol. The van der Waals surface area contributed by atoms with Crippen molar-refractivity contribution in [1.29, 1.82) is 0 Å². The van der Waals surface area contributed by atoms with Gasteiger partial charge in [0.15, 0.2) is 5.96 Å². The fourth-order valence-corrected chi connectivity index (χ4v) is 2.03. The highest BCUT2D eigenvalue weighted by Crippen LogP contribution is 2.24. The van der Waals surface area contributed by atoms with E-state index in [1.807, 2.05) is 31.3 Å². The van der Waals surface area contributed by atoms with E-state index in [0.717, 1.165) is 17.7 Å². The van der Waals surface area contributed by atoms with Crippen LogP contribution in [0, 0.1) is 0 Å². The molecule has 0 amide bonds. The molecule has 2 rings (SSSR count). The number of methoxy groups -OCH3 is 1. The predicted octanol–water partition coefficient (Wildman–Crippen LogP) is 2.01. The minimum absolute atomic E-state index is 0.611. The predicted molar refractivity (Wildman–Crippen MR) is 84.5 cm³/mol. The lowest BCUT2D eigenvalue weighted by Crippen LogP contribution is -2.35. The topological polar surface area (TPSA) is 60.1 Å². The summed E-state index contributed by atoms with van der Waals surface area (Å²) in [5.41, 5.74) is 7.06. The lowest BCUT2D eigenvalue weighted by atomic mass is 10.2. The molecule has 1 saturated carbocycles. The Hall–Kier alpha value is -1.75. The summed E-state index contributed by atoms with van der Waals surface area (Å²) in [6, 6.07) is 8.52. The molecule has 0 radical (unpaired) electrons. The van der Waals surface area contributed by atoms with Crippen LogP contribution in [-0.2, 0) is 11.3 Å². The molecule has 116 valence electrons. The number of nitrogens with two attached hydrogens (primary N) is 1. The highest BCUT2D eigenvalue weighted by Gasteiger charge is 2.27. The van der Waals surface area contributed by atoms with Crippen molar-refractivity contribution in [2.75, 3.05) is 27.3 Å². The molecule has 0 unspecified atom stereocenters. The van der Waals surface area contributed by atoms with Crippen molar-refractivity contribution >= 4 is 5.96 Å². The first-order valence-electron chi connectivity index (χ1n) is 7.44. The van der Waals surface area contributed by atoms with Gasteiger partial charge in [-0.05, 0) is 37.0 Å². The molecule has 0 atom stereocenters. The number of benzene rings is 1. The van der Waals surface area contributed by atoms with Gasteiger partial charge in [-0.1, -0.05) is 12.1 Å². The van der Waals surface area contributed by atoms with Crippen molar-refractivity contribution in [3.05, 3.63) is 29.8 Å². The summed E-state index contributed by atoms with van der Waals surface area (Å²) in [6.07, 6.45) is 3.35. The summed E-state index contributed by atoms with van der Waals surface area (Å²) in [7, 11) is 3.68. The van der Waals surface area contributed by atoms with E-state index in [9.17, 15) is 0 Å². The van der Waals surface area contributed by atoms with Gasteiger partial charge in [-0.3, -0.25) is 4.99 Å². The number of aliphatic imine (C=N–C) groups is 1. The molecule has 21 heavy (non-hydrogen) atoms. The van der Waals surface area contributed by atoms with Crippen molar-refractivity contribution in [1.82, 2.24) is 4.90 Å². The van der Waals surface area contributed by atoms with E-state index in [4.69, 9.17) is 15.2 Å². The van der Waals surface area contributed by atoms with E-state index < -0.39 is 0 Å². The van der Waals surface area contributed by atoms with Crippen molar-refractivity contribution in [2.45, 2.75) is 31.9 Å². The molecule has 5 nitrogen and oxygen atoms in total. The number of rotatable bonds is 8. The molecular formula is C16H25N3O2. The largest absolute Gasteiger partial charge is 0.497 e. The molecule has 1 fully saturated rings. The molecule has 0 spiro atoms. The molecule has 0 saturated heterocycles. The summed E-state index contributed by atoms with van der Waals surface area (Å²) >= 11 is 0. The standard InChI is InChI=1S/C16H25N3O2/c1-19(14-6-7-14)16(17)18-10-3-11-21-12-13-4-8-15(20-2)9-5-13/h4-5,8-9,14H,3,6-7,10-12H2,1-2H3,(H2,17,18). The summed E-state index contributed by atoms with van der Waals surface area (Å²) in [5, 5.41) is 0. The van der Waals surface area contributed by atoms with Crippen LogP contribution in [-0.4, -0.2) is 44.2 Å². The Morgan fingerprint density at radius 3 is 2.67 bits per heavy atom. The first-order valence-corrected chi connectivity index (χ1v) is 7.44. The number of ether oxygens (including phenoxy) is 2. The molecule has 1 aliphatic carbocycles. The van der Waals surface area contributed by atoms with Crippen LogP contribution in [0.15, 0.2) is 29.3 Å². The monoisotopic (exact) mass is 291 g/mol. The third-order valence-corrected chi connectivity index (χ3v) is 3.60. The molecule has 0 aliphatic heterocycles. The first kappa shape index (κ1) is 15.6. The van der Waals surface area contributed by atoms with Gasteiger partial charge in [-0.2, -0.15) is 0 Å².